The van der Waals surface area contributed by atoms with Gasteiger partial charge in [-0.2, -0.15) is 0 Å². The number of ether oxygens (including phenoxy) is 1. The third-order valence-corrected chi connectivity index (χ3v) is 3.14. The van der Waals surface area contributed by atoms with Crippen LogP contribution < -0.4 is 4.74 Å². The lowest BCUT2D eigenvalue weighted by molar-refractivity contribution is 0.0697. The first kappa shape index (κ1) is 14.6. The van der Waals surface area contributed by atoms with Crippen LogP contribution in [0.1, 0.15) is 15.9 Å². The second kappa shape index (κ2) is 6.11. The molecule has 2 aromatic carbocycles. The Morgan fingerprint density at radius 3 is 2.35 bits per heavy atom. The maximum absolute atomic E-state index is 13.4. The number of aromatic carboxylic acids is 1. The van der Waals surface area contributed by atoms with Crippen LogP contribution in [-0.4, -0.2) is 11.1 Å². The Morgan fingerprint density at radius 2 is 1.80 bits per heavy atom. The second-order valence-electron chi connectivity index (χ2n) is 3.95. The molecule has 0 radical (unpaired) electrons. The number of carboxylic acid groups (broad SMARTS) is 1. The lowest BCUT2D eigenvalue weighted by Gasteiger charge is -2.11. The van der Waals surface area contributed by atoms with E-state index in [0.29, 0.717) is 5.56 Å². The highest BCUT2D eigenvalue weighted by atomic mass is 35.5. The van der Waals surface area contributed by atoms with Gasteiger partial charge in [-0.3, -0.25) is 0 Å². The van der Waals surface area contributed by atoms with Crippen molar-refractivity contribution in [3.05, 3.63) is 63.4 Å². The van der Waals surface area contributed by atoms with Crippen LogP contribution in [0.4, 0.5) is 4.39 Å². The van der Waals surface area contributed by atoms with Gasteiger partial charge < -0.3 is 9.84 Å². The van der Waals surface area contributed by atoms with E-state index in [1.165, 1.54) is 18.2 Å². The van der Waals surface area contributed by atoms with Crippen molar-refractivity contribution in [2.45, 2.75) is 6.61 Å². The Balaban J connectivity index is 2.22. The van der Waals surface area contributed by atoms with E-state index in [-0.39, 0.29) is 28.0 Å². The fourth-order valence-electron chi connectivity index (χ4n) is 1.59. The van der Waals surface area contributed by atoms with Crippen molar-refractivity contribution in [3.8, 4) is 5.75 Å². The summed E-state index contributed by atoms with van der Waals surface area (Å²) in [6.45, 7) is -0.0570. The molecule has 2 aromatic rings. The molecule has 0 unspecified atom stereocenters. The molecule has 0 fully saturated rings. The average molecular weight is 315 g/mol. The molecule has 0 aliphatic carbocycles. The van der Waals surface area contributed by atoms with Crippen LogP contribution in [-0.2, 0) is 6.61 Å². The first-order valence-electron chi connectivity index (χ1n) is 5.57. The van der Waals surface area contributed by atoms with E-state index in [1.54, 1.807) is 18.2 Å². The van der Waals surface area contributed by atoms with Crippen molar-refractivity contribution in [2.24, 2.45) is 0 Å². The molecule has 3 nitrogen and oxygen atoms in total. The van der Waals surface area contributed by atoms with Crippen molar-refractivity contribution in [1.29, 1.82) is 0 Å². The third-order valence-electron chi connectivity index (χ3n) is 2.58. The van der Waals surface area contributed by atoms with Crippen LogP contribution in [0.3, 0.4) is 0 Å². The van der Waals surface area contributed by atoms with Crippen LogP contribution in [0.25, 0.3) is 0 Å². The minimum atomic E-state index is -1.14. The molecule has 0 aliphatic heterocycles. The van der Waals surface area contributed by atoms with E-state index in [9.17, 15) is 9.18 Å². The topological polar surface area (TPSA) is 46.5 Å². The van der Waals surface area contributed by atoms with E-state index >= 15 is 0 Å². The van der Waals surface area contributed by atoms with Gasteiger partial charge in [0, 0.05) is 5.56 Å². The maximum atomic E-state index is 13.4. The molecule has 0 saturated heterocycles. The summed E-state index contributed by atoms with van der Waals surface area (Å²) in [5.74, 6) is -1.42. The molecule has 0 aromatic heterocycles. The Hall–Kier alpha value is -1.78. The smallest absolute Gasteiger partial charge is 0.335 e. The van der Waals surface area contributed by atoms with Gasteiger partial charge in [0.2, 0.25) is 0 Å². The van der Waals surface area contributed by atoms with Gasteiger partial charge in [-0.1, -0.05) is 41.4 Å². The highest BCUT2D eigenvalue weighted by molar-refractivity contribution is 6.37. The van der Waals surface area contributed by atoms with Gasteiger partial charge in [0.15, 0.2) is 5.75 Å². The summed E-state index contributed by atoms with van der Waals surface area (Å²) in [6, 6.07) is 8.59. The second-order valence-corrected chi connectivity index (χ2v) is 4.77. The van der Waals surface area contributed by atoms with Gasteiger partial charge in [-0.05, 0) is 18.2 Å². The summed E-state index contributed by atoms with van der Waals surface area (Å²) < 4.78 is 18.8. The Kier molecular flexibility index (Phi) is 4.47. The summed E-state index contributed by atoms with van der Waals surface area (Å²) in [4.78, 5) is 10.8. The predicted octanol–water partition coefficient (Wildman–Crippen LogP) is 4.41. The molecular formula is C14H9Cl2FO3. The SMILES string of the molecule is O=C(O)c1cc(Cl)c(OCc2ccccc2F)c(Cl)c1. The molecule has 1 N–H and O–H groups in total. The number of carbonyl (C=O) groups is 1. The zero-order chi connectivity index (χ0) is 14.7. The van der Waals surface area contributed by atoms with Crippen LogP contribution in [0.15, 0.2) is 36.4 Å². The highest BCUT2D eigenvalue weighted by Gasteiger charge is 2.14. The summed E-state index contributed by atoms with van der Waals surface area (Å²) in [7, 11) is 0. The summed E-state index contributed by atoms with van der Waals surface area (Å²) >= 11 is 11.8. The number of carboxylic acids is 1. The first-order chi connectivity index (χ1) is 9.49. The zero-order valence-electron chi connectivity index (χ0n) is 10.1. The predicted molar refractivity (Wildman–Crippen MR) is 74.2 cm³/mol. The maximum Gasteiger partial charge on any atom is 0.335 e. The number of rotatable bonds is 4. The van der Waals surface area contributed by atoms with Crippen molar-refractivity contribution in [3.63, 3.8) is 0 Å². The van der Waals surface area contributed by atoms with Crippen molar-refractivity contribution >= 4 is 29.2 Å². The third kappa shape index (κ3) is 3.21. The molecular weight excluding hydrogens is 306 g/mol. The van der Waals surface area contributed by atoms with Gasteiger partial charge in [-0.15, -0.1) is 0 Å². The van der Waals surface area contributed by atoms with Gasteiger partial charge in [0.05, 0.1) is 15.6 Å². The Morgan fingerprint density at radius 1 is 1.20 bits per heavy atom. The molecule has 6 heteroatoms. The van der Waals surface area contributed by atoms with E-state index < -0.39 is 11.8 Å². The Labute approximate surface area is 124 Å². The lowest BCUT2D eigenvalue weighted by Crippen LogP contribution is -2.01. The monoisotopic (exact) mass is 314 g/mol. The summed E-state index contributed by atoms with van der Waals surface area (Å²) in [5.41, 5.74) is 0.306. The van der Waals surface area contributed by atoms with Gasteiger partial charge in [0.25, 0.3) is 0 Å². The molecule has 0 bridgehead atoms. The lowest BCUT2D eigenvalue weighted by atomic mass is 10.2. The fraction of sp³-hybridized carbons (Fsp3) is 0.0714. The van der Waals surface area contributed by atoms with Crippen molar-refractivity contribution in [1.82, 2.24) is 0 Å². The van der Waals surface area contributed by atoms with Crippen molar-refractivity contribution < 1.29 is 19.0 Å². The van der Waals surface area contributed by atoms with E-state index in [4.69, 9.17) is 33.0 Å². The molecule has 0 heterocycles. The molecule has 104 valence electrons. The Bertz CT molecular complexity index is 636. The number of halogens is 3. The van der Waals surface area contributed by atoms with Crippen LogP contribution >= 0.6 is 23.2 Å². The minimum Gasteiger partial charge on any atom is -0.486 e. The van der Waals surface area contributed by atoms with Gasteiger partial charge >= 0.3 is 5.97 Å². The standard InChI is InChI=1S/C14H9Cl2FO3/c15-10-5-9(14(18)19)6-11(16)13(10)20-7-8-3-1-2-4-12(8)17/h1-6H,7H2,(H,18,19). The summed E-state index contributed by atoms with van der Waals surface area (Å²) in [6.07, 6.45) is 0. The molecule has 0 amide bonds. The van der Waals surface area contributed by atoms with Crippen molar-refractivity contribution in [2.75, 3.05) is 0 Å². The quantitative estimate of drug-likeness (QED) is 0.909. The van der Waals surface area contributed by atoms with E-state index in [2.05, 4.69) is 0 Å². The van der Waals surface area contributed by atoms with Gasteiger partial charge in [-0.25, -0.2) is 9.18 Å². The van der Waals surface area contributed by atoms with Gasteiger partial charge in [0.1, 0.15) is 12.4 Å². The number of hydrogen-bond acceptors (Lipinski definition) is 2. The fourth-order valence-corrected chi connectivity index (χ4v) is 2.18. The first-order valence-corrected chi connectivity index (χ1v) is 6.33. The zero-order valence-corrected chi connectivity index (χ0v) is 11.6. The molecule has 20 heavy (non-hydrogen) atoms. The normalized spacial score (nSPS) is 10.3. The molecule has 0 spiro atoms. The largest absolute Gasteiger partial charge is 0.486 e. The minimum absolute atomic E-state index is 0.0433. The van der Waals surface area contributed by atoms with Crippen LogP contribution in [0.2, 0.25) is 10.0 Å². The molecule has 0 aliphatic rings. The summed E-state index contributed by atoms with van der Waals surface area (Å²) in [5, 5.41) is 8.98. The molecule has 0 atom stereocenters. The number of benzene rings is 2. The molecule has 0 saturated carbocycles. The average Bonchev–Trinajstić information content (AvgIpc) is 2.39. The van der Waals surface area contributed by atoms with E-state index in [0.717, 1.165) is 0 Å². The van der Waals surface area contributed by atoms with Crippen LogP contribution in [0.5, 0.6) is 5.75 Å². The number of hydrogen-bond donors (Lipinski definition) is 1. The molecule has 2 rings (SSSR count). The highest BCUT2D eigenvalue weighted by Crippen LogP contribution is 2.34. The van der Waals surface area contributed by atoms with E-state index in [1.807, 2.05) is 0 Å². The van der Waals surface area contributed by atoms with Crippen LogP contribution in [0, 0.1) is 5.82 Å².